The van der Waals surface area contributed by atoms with E-state index in [9.17, 15) is 13.6 Å². The van der Waals surface area contributed by atoms with Crippen LogP contribution in [-0.2, 0) is 0 Å². The van der Waals surface area contributed by atoms with Crippen molar-refractivity contribution in [2.75, 3.05) is 5.32 Å². The van der Waals surface area contributed by atoms with Gasteiger partial charge in [-0.1, -0.05) is 13.8 Å². The molecule has 3 nitrogen and oxygen atoms in total. The first kappa shape index (κ1) is 13.8. The summed E-state index contributed by atoms with van der Waals surface area (Å²) >= 11 is 0. The molecule has 1 aliphatic carbocycles. The molecule has 2 N–H and O–H groups in total. The standard InChI is InChI=1S/C14H17F2NO2/c1-7-3-5-10(8(7)2)17-11-6-4-9(14(18)19)12(15)13(11)16/h4,6-8,10,17H,3,5H2,1-2H3,(H,18,19). The van der Waals surface area contributed by atoms with Crippen LogP contribution in [-0.4, -0.2) is 17.1 Å². The van der Waals surface area contributed by atoms with Gasteiger partial charge in [0.2, 0.25) is 0 Å². The van der Waals surface area contributed by atoms with Crippen molar-refractivity contribution in [3.8, 4) is 0 Å². The summed E-state index contributed by atoms with van der Waals surface area (Å²) in [6.45, 7) is 4.21. The second-order valence-corrected chi connectivity index (χ2v) is 5.26. The average molecular weight is 269 g/mol. The van der Waals surface area contributed by atoms with Gasteiger partial charge in [0.05, 0.1) is 11.3 Å². The minimum atomic E-state index is -1.47. The van der Waals surface area contributed by atoms with Gasteiger partial charge in [-0.05, 0) is 36.8 Å². The molecule has 3 atom stereocenters. The third-order valence-electron chi connectivity index (χ3n) is 4.12. The molecule has 1 aliphatic rings. The number of hydrogen-bond acceptors (Lipinski definition) is 2. The van der Waals surface area contributed by atoms with Crippen molar-refractivity contribution in [1.29, 1.82) is 0 Å². The maximum Gasteiger partial charge on any atom is 0.338 e. The highest BCUT2D eigenvalue weighted by Gasteiger charge is 2.30. The third kappa shape index (κ3) is 2.55. The van der Waals surface area contributed by atoms with Crippen LogP contribution in [0.25, 0.3) is 0 Å². The Morgan fingerprint density at radius 2 is 1.95 bits per heavy atom. The molecule has 1 aromatic rings. The van der Waals surface area contributed by atoms with E-state index < -0.39 is 23.2 Å². The van der Waals surface area contributed by atoms with E-state index in [0.29, 0.717) is 11.8 Å². The first-order valence-electron chi connectivity index (χ1n) is 6.39. The predicted molar refractivity (Wildman–Crippen MR) is 68.3 cm³/mol. The van der Waals surface area contributed by atoms with Gasteiger partial charge in [-0.2, -0.15) is 0 Å². The van der Waals surface area contributed by atoms with E-state index >= 15 is 0 Å². The molecular weight excluding hydrogens is 252 g/mol. The molecule has 0 spiro atoms. The maximum absolute atomic E-state index is 13.8. The Kier molecular flexibility index (Phi) is 3.73. The van der Waals surface area contributed by atoms with Crippen molar-refractivity contribution in [2.45, 2.75) is 32.7 Å². The fourth-order valence-electron chi connectivity index (χ4n) is 2.59. The largest absolute Gasteiger partial charge is 0.478 e. The van der Waals surface area contributed by atoms with Crippen LogP contribution in [0.4, 0.5) is 14.5 Å². The zero-order valence-corrected chi connectivity index (χ0v) is 10.9. The Labute approximate surface area is 110 Å². The van der Waals surface area contributed by atoms with Gasteiger partial charge in [-0.3, -0.25) is 0 Å². The smallest absolute Gasteiger partial charge is 0.338 e. The predicted octanol–water partition coefficient (Wildman–Crippen LogP) is 3.51. The van der Waals surface area contributed by atoms with Crippen LogP contribution >= 0.6 is 0 Å². The molecular formula is C14H17F2NO2. The molecule has 1 saturated carbocycles. The van der Waals surface area contributed by atoms with Crippen molar-refractivity contribution >= 4 is 11.7 Å². The monoisotopic (exact) mass is 269 g/mol. The highest BCUT2D eigenvalue weighted by atomic mass is 19.2. The van der Waals surface area contributed by atoms with Crippen molar-refractivity contribution in [3.05, 3.63) is 29.3 Å². The van der Waals surface area contributed by atoms with Crippen LogP contribution < -0.4 is 5.32 Å². The Morgan fingerprint density at radius 3 is 2.47 bits per heavy atom. The zero-order chi connectivity index (χ0) is 14.2. The van der Waals surface area contributed by atoms with Gasteiger partial charge < -0.3 is 10.4 Å². The quantitative estimate of drug-likeness (QED) is 0.882. The first-order chi connectivity index (χ1) is 8.91. The van der Waals surface area contributed by atoms with Gasteiger partial charge in [0.15, 0.2) is 11.6 Å². The van der Waals surface area contributed by atoms with Crippen molar-refractivity contribution in [1.82, 2.24) is 0 Å². The van der Waals surface area contributed by atoms with E-state index in [4.69, 9.17) is 5.11 Å². The van der Waals surface area contributed by atoms with Gasteiger partial charge in [0, 0.05) is 6.04 Å². The molecule has 1 aromatic carbocycles. The van der Waals surface area contributed by atoms with E-state index in [1.54, 1.807) is 0 Å². The topological polar surface area (TPSA) is 49.3 Å². The number of carboxylic acids is 1. The normalized spacial score (nSPS) is 26.4. The molecule has 0 aliphatic heterocycles. The highest BCUT2D eigenvalue weighted by Crippen LogP contribution is 2.34. The number of halogens is 2. The van der Waals surface area contributed by atoms with E-state index in [0.717, 1.165) is 18.9 Å². The molecule has 0 amide bonds. The summed E-state index contributed by atoms with van der Waals surface area (Å²) in [6.07, 6.45) is 1.96. The van der Waals surface area contributed by atoms with Crippen LogP contribution in [0.15, 0.2) is 12.1 Å². The molecule has 0 saturated heterocycles. The van der Waals surface area contributed by atoms with E-state index in [1.807, 2.05) is 0 Å². The number of hydrogen-bond donors (Lipinski definition) is 2. The maximum atomic E-state index is 13.8. The Morgan fingerprint density at radius 1 is 1.26 bits per heavy atom. The minimum absolute atomic E-state index is 0.0356. The molecule has 1 fully saturated rings. The van der Waals surface area contributed by atoms with Gasteiger partial charge in [0.25, 0.3) is 0 Å². The fraction of sp³-hybridized carbons (Fsp3) is 0.500. The van der Waals surface area contributed by atoms with E-state index in [1.165, 1.54) is 6.07 Å². The average Bonchev–Trinajstić information content (AvgIpc) is 2.66. The van der Waals surface area contributed by atoms with E-state index in [-0.39, 0.29) is 11.7 Å². The number of carboxylic acid groups (broad SMARTS) is 1. The van der Waals surface area contributed by atoms with Crippen LogP contribution in [0.3, 0.4) is 0 Å². The lowest BCUT2D eigenvalue weighted by Gasteiger charge is -2.21. The van der Waals surface area contributed by atoms with Crippen LogP contribution in [0.2, 0.25) is 0 Å². The minimum Gasteiger partial charge on any atom is -0.478 e. The number of aromatic carboxylic acids is 1. The third-order valence-corrected chi connectivity index (χ3v) is 4.12. The first-order valence-corrected chi connectivity index (χ1v) is 6.39. The summed E-state index contributed by atoms with van der Waals surface area (Å²) in [7, 11) is 0. The van der Waals surface area contributed by atoms with Crippen LogP contribution in [0.5, 0.6) is 0 Å². The summed E-state index contributed by atoms with van der Waals surface area (Å²) in [4.78, 5) is 10.7. The van der Waals surface area contributed by atoms with Crippen molar-refractivity contribution in [3.63, 3.8) is 0 Å². The molecule has 0 radical (unpaired) electrons. The summed E-state index contributed by atoms with van der Waals surface area (Å²) < 4.78 is 27.4. The SMILES string of the molecule is CC1CCC(Nc2ccc(C(=O)O)c(F)c2F)C1C. The molecule has 3 unspecified atom stereocenters. The van der Waals surface area contributed by atoms with Gasteiger partial charge in [-0.15, -0.1) is 0 Å². The van der Waals surface area contributed by atoms with Gasteiger partial charge >= 0.3 is 5.97 Å². The highest BCUT2D eigenvalue weighted by molar-refractivity contribution is 5.88. The Hall–Kier alpha value is -1.65. The molecule has 0 bridgehead atoms. The lowest BCUT2D eigenvalue weighted by atomic mass is 9.97. The lowest BCUT2D eigenvalue weighted by molar-refractivity contribution is 0.0690. The number of benzene rings is 1. The lowest BCUT2D eigenvalue weighted by Crippen LogP contribution is -2.25. The number of carbonyl (C=O) groups is 1. The molecule has 19 heavy (non-hydrogen) atoms. The number of anilines is 1. The molecule has 2 rings (SSSR count). The molecule has 5 heteroatoms. The molecule has 104 valence electrons. The van der Waals surface area contributed by atoms with Crippen molar-refractivity contribution < 1.29 is 18.7 Å². The van der Waals surface area contributed by atoms with Crippen LogP contribution in [0, 0.1) is 23.5 Å². The summed E-state index contributed by atoms with van der Waals surface area (Å²) in [5.41, 5.74) is -0.607. The van der Waals surface area contributed by atoms with Crippen molar-refractivity contribution in [2.24, 2.45) is 11.8 Å². The summed E-state index contributed by atoms with van der Waals surface area (Å²) in [6, 6.07) is 2.48. The second kappa shape index (κ2) is 5.15. The summed E-state index contributed by atoms with van der Waals surface area (Å²) in [5.74, 6) is -2.97. The number of nitrogens with one attached hydrogen (secondary N) is 1. The number of rotatable bonds is 3. The second-order valence-electron chi connectivity index (χ2n) is 5.26. The van der Waals surface area contributed by atoms with Crippen LogP contribution in [0.1, 0.15) is 37.0 Å². The Balaban J connectivity index is 2.23. The van der Waals surface area contributed by atoms with Gasteiger partial charge in [0.1, 0.15) is 0 Å². The van der Waals surface area contributed by atoms with E-state index in [2.05, 4.69) is 19.2 Å². The molecule has 0 aromatic heterocycles. The summed E-state index contributed by atoms with van der Waals surface area (Å²) in [5, 5.41) is 11.7. The Bertz CT molecular complexity index is 504. The fourth-order valence-corrected chi connectivity index (χ4v) is 2.59. The zero-order valence-electron chi connectivity index (χ0n) is 10.9. The van der Waals surface area contributed by atoms with Gasteiger partial charge in [-0.25, -0.2) is 13.6 Å². The molecule has 0 heterocycles.